The number of benzene rings is 1. The van der Waals surface area contributed by atoms with E-state index in [4.69, 9.17) is 4.74 Å². The highest BCUT2D eigenvalue weighted by atomic mass is 19.1. The summed E-state index contributed by atoms with van der Waals surface area (Å²) < 4.78 is 20.4. The number of aromatic nitrogens is 2. The maximum absolute atomic E-state index is 13.2. The van der Waals surface area contributed by atoms with Crippen molar-refractivity contribution in [2.45, 2.75) is 25.9 Å². The van der Waals surface area contributed by atoms with Crippen molar-refractivity contribution in [3.05, 3.63) is 48.0 Å². The molecule has 0 saturated carbocycles. The Hall–Kier alpha value is -2.94. The Morgan fingerprint density at radius 2 is 2.10 bits per heavy atom. The average Bonchev–Trinajstić information content (AvgIpc) is 3.21. The Kier molecular flexibility index (Phi) is 7.04. The van der Waals surface area contributed by atoms with Crippen LogP contribution in [0.15, 0.2) is 36.5 Å². The minimum atomic E-state index is -0.455. The van der Waals surface area contributed by atoms with Crippen LogP contribution >= 0.6 is 0 Å². The summed E-state index contributed by atoms with van der Waals surface area (Å²) >= 11 is 0. The summed E-state index contributed by atoms with van der Waals surface area (Å²) in [6.07, 6.45) is 1.79. The zero-order valence-electron chi connectivity index (χ0n) is 17.5. The number of nitrogens with one attached hydrogen (secondary N) is 1. The molecule has 1 unspecified atom stereocenters. The fraction of sp³-hybridized carbons (Fsp3) is 0.476. The third-order valence-electron chi connectivity index (χ3n) is 5.06. The number of rotatable bonds is 7. The van der Waals surface area contributed by atoms with E-state index in [2.05, 4.69) is 10.4 Å². The molecular formula is C21H28FN5O3. The van der Waals surface area contributed by atoms with Crippen LogP contribution in [-0.2, 0) is 4.79 Å². The van der Waals surface area contributed by atoms with Gasteiger partial charge in [0.1, 0.15) is 29.9 Å². The number of hydrogen-bond donors (Lipinski definition) is 1. The van der Waals surface area contributed by atoms with Crippen LogP contribution in [0.25, 0.3) is 0 Å². The van der Waals surface area contributed by atoms with Crippen molar-refractivity contribution in [3.63, 3.8) is 0 Å². The van der Waals surface area contributed by atoms with E-state index in [0.717, 1.165) is 0 Å². The standard InChI is InChI=1S/C21H28FN5O3/c1-15(2)27-9-7-18(24-27)21(29)26-11-10-25(3)19(14-26)20(28)23-8-12-30-17-6-4-5-16(22)13-17/h4-7,9,13,15,19H,8,10-12,14H2,1-3H3,(H,23,28). The van der Waals surface area contributed by atoms with Gasteiger partial charge in [-0.05, 0) is 39.1 Å². The second kappa shape index (κ2) is 9.71. The van der Waals surface area contributed by atoms with Gasteiger partial charge in [-0.25, -0.2) is 4.39 Å². The SMILES string of the molecule is CC(C)n1ccc(C(=O)N2CCN(C)C(C(=O)NCCOc3cccc(F)c3)C2)n1. The molecule has 0 spiro atoms. The van der Waals surface area contributed by atoms with Crippen molar-refractivity contribution >= 4 is 11.8 Å². The number of hydrogen-bond acceptors (Lipinski definition) is 5. The van der Waals surface area contributed by atoms with Crippen molar-refractivity contribution in [1.29, 1.82) is 0 Å². The van der Waals surface area contributed by atoms with Crippen LogP contribution in [-0.4, -0.2) is 77.3 Å². The number of ether oxygens (including phenoxy) is 1. The van der Waals surface area contributed by atoms with Crippen LogP contribution in [0, 0.1) is 5.82 Å². The first-order chi connectivity index (χ1) is 14.3. The maximum atomic E-state index is 13.2. The van der Waals surface area contributed by atoms with Gasteiger partial charge < -0.3 is 15.0 Å². The monoisotopic (exact) mass is 417 g/mol. The predicted octanol–water partition coefficient (Wildman–Crippen LogP) is 1.55. The van der Waals surface area contributed by atoms with Crippen molar-refractivity contribution in [3.8, 4) is 5.75 Å². The molecule has 0 radical (unpaired) electrons. The van der Waals surface area contributed by atoms with E-state index in [9.17, 15) is 14.0 Å². The summed E-state index contributed by atoms with van der Waals surface area (Å²) in [5.41, 5.74) is 0.385. The molecule has 1 saturated heterocycles. The Bertz CT molecular complexity index is 885. The number of carbonyl (C=O) groups excluding carboxylic acids is 2. The molecule has 1 aromatic heterocycles. The van der Waals surface area contributed by atoms with Crippen LogP contribution in [0.1, 0.15) is 30.4 Å². The summed E-state index contributed by atoms with van der Waals surface area (Å²) in [5, 5.41) is 7.17. The lowest BCUT2D eigenvalue weighted by Gasteiger charge is -2.38. The molecule has 1 atom stereocenters. The first-order valence-corrected chi connectivity index (χ1v) is 10.1. The highest BCUT2D eigenvalue weighted by Crippen LogP contribution is 2.14. The van der Waals surface area contributed by atoms with Crippen LogP contribution < -0.4 is 10.1 Å². The predicted molar refractivity (Wildman–Crippen MR) is 110 cm³/mol. The molecule has 0 aliphatic carbocycles. The molecule has 0 bridgehead atoms. The quantitative estimate of drug-likeness (QED) is 0.692. The van der Waals surface area contributed by atoms with Gasteiger partial charge in [-0.2, -0.15) is 5.10 Å². The van der Waals surface area contributed by atoms with Gasteiger partial charge >= 0.3 is 0 Å². The normalized spacial score (nSPS) is 17.2. The van der Waals surface area contributed by atoms with Gasteiger partial charge in [0, 0.05) is 37.9 Å². The van der Waals surface area contributed by atoms with Crippen LogP contribution in [0.4, 0.5) is 4.39 Å². The van der Waals surface area contributed by atoms with Crippen molar-refractivity contribution in [1.82, 2.24) is 24.9 Å². The fourth-order valence-electron chi connectivity index (χ4n) is 3.26. The third-order valence-corrected chi connectivity index (χ3v) is 5.06. The largest absolute Gasteiger partial charge is 0.492 e. The summed E-state index contributed by atoms with van der Waals surface area (Å²) in [7, 11) is 1.86. The summed E-state index contributed by atoms with van der Waals surface area (Å²) in [4.78, 5) is 29.0. The number of amides is 2. The Labute approximate surface area is 175 Å². The number of carbonyl (C=O) groups is 2. The molecule has 1 fully saturated rings. The molecule has 8 nitrogen and oxygen atoms in total. The van der Waals surface area contributed by atoms with Gasteiger partial charge in [0.2, 0.25) is 5.91 Å². The van der Waals surface area contributed by atoms with Gasteiger partial charge in [-0.1, -0.05) is 6.07 Å². The van der Waals surface area contributed by atoms with E-state index in [1.54, 1.807) is 34.0 Å². The lowest BCUT2D eigenvalue weighted by molar-refractivity contribution is -0.127. The van der Waals surface area contributed by atoms with Crippen LogP contribution in [0.5, 0.6) is 5.75 Å². The van der Waals surface area contributed by atoms with E-state index in [1.165, 1.54) is 12.1 Å². The maximum Gasteiger partial charge on any atom is 0.274 e. The molecule has 2 heterocycles. The zero-order chi connectivity index (χ0) is 21.7. The van der Waals surface area contributed by atoms with E-state index in [-0.39, 0.29) is 36.8 Å². The molecule has 9 heteroatoms. The Morgan fingerprint density at radius 1 is 1.30 bits per heavy atom. The second-order valence-electron chi connectivity index (χ2n) is 7.62. The molecule has 2 aromatic rings. The highest BCUT2D eigenvalue weighted by molar-refractivity contribution is 5.93. The summed E-state index contributed by atoms with van der Waals surface area (Å²) in [6.45, 7) is 5.92. The summed E-state index contributed by atoms with van der Waals surface area (Å²) in [5.74, 6) is -0.305. The van der Waals surface area contributed by atoms with E-state index >= 15 is 0 Å². The smallest absolute Gasteiger partial charge is 0.274 e. The third kappa shape index (κ3) is 5.35. The van der Waals surface area contributed by atoms with Crippen LogP contribution in [0.2, 0.25) is 0 Å². The first kappa shape index (κ1) is 21.8. The Balaban J connectivity index is 1.51. The lowest BCUT2D eigenvalue weighted by atomic mass is 10.1. The topological polar surface area (TPSA) is 79.7 Å². The minimum Gasteiger partial charge on any atom is -0.492 e. The Morgan fingerprint density at radius 3 is 2.80 bits per heavy atom. The van der Waals surface area contributed by atoms with E-state index in [0.29, 0.717) is 31.1 Å². The zero-order valence-corrected chi connectivity index (χ0v) is 17.5. The molecule has 1 aromatic carbocycles. The number of nitrogens with zero attached hydrogens (tertiary/aromatic N) is 4. The van der Waals surface area contributed by atoms with Gasteiger partial charge in [-0.3, -0.25) is 19.2 Å². The lowest BCUT2D eigenvalue weighted by Crippen LogP contribution is -2.59. The fourth-order valence-corrected chi connectivity index (χ4v) is 3.26. The minimum absolute atomic E-state index is 0.172. The number of likely N-dealkylation sites (N-methyl/N-ethyl adjacent to an activating group) is 1. The van der Waals surface area contributed by atoms with Crippen molar-refractivity contribution < 1.29 is 18.7 Å². The summed E-state index contributed by atoms with van der Waals surface area (Å²) in [6, 6.07) is 7.28. The molecule has 1 aliphatic rings. The van der Waals surface area contributed by atoms with Gasteiger partial charge in [0.25, 0.3) is 5.91 Å². The number of piperazine rings is 1. The van der Waals surface area contributed by atoms with E-state index < -0.39 is 6.04 Å². The van der Waals surface area contributed by atoms with Gasteiger partial charge in [0.15, 0.2) is 0 Å². The first-order valence-electron chi connectivity index (χ1n) is 10.1. The highest BCUT2D eigenvalue weighted by Gasteiger charge is 2.33. The molecular weight excluding hydrogens is 389 g/mol. The van der Waals surface area contributed by atoms with Crippen molar-refractivity contribution in [2.75, 3.05) is 39.8 Å². The van der Waals surface area contributed by atoms with Gasteiger partial charge in [-0.15, -0.1) is 0 Å². The second-order valence-corrected chi connectivity index (χ2v) is 7.62. The number of halogens is 1. The molecule has 3 rings (SSSR count). The molecule has 1 aliphatic heterocycles. The van der Waals surface area contributed by atoms with Gasteiger partial charge in [0.05, 0.1) is 6.54 Å². The molecule has 30 heavy (non-hydrogen) atoms. The van der Waals surface area contributed by atoms with Crippen LogP contribution in [0.3, 0.4) is 0 Å². The molecule has 162 valence electrons. The molecule has 2 amide bonds. The molecule has 1 N–H and O–H groups in total. The van der Waals surface area contributed by atoms with Crippen molar-refractivity contribution in [2.24, 2.45) is 0 Å². The van der Waals surface area contributed by atoms with E-state index in [1.807, 2.05) is 25.8 Å². The average molecular weight is 417 g/mol.